The number of benzene rings is 3. The Morgan fingerprint density at radius 3 is 2.68 bits per heavy atom. The predicted octanol–water partition coefficient (Wildman–Crippen LogP) is 5.61. The zero-order valence-corrected chi connectivity index (χ0v) is 20.7. The molecule has 3 aromatic carbocycles. The molecule has 34 heavy (non-hydrogen) atoms. The Morgan fingerprint density at radius 1 is 1.09 bits per heavy atom. The van der Waals surface area contributed by atoms with E-state index in [4.69, 9.17) is 9.47 Å². The summed E-state index contributed by atoms with van der Waals surface area (Å²) in [5.41, 5.74) is 5.09. The number of carbonyl (C=O) groups is 1. The standard InChI is InChI=1S/C27H27BrN2O4/c1-17-6-5-7-18(10-17)16-34-26-13-22(28)20(12-25(26)33-2)15-30-24(27(31)32)11-19-14-29-23-9-4-3-8-21(19)23/h3-10,12-14,24,29-30H,11,15-16H2,1-2H3,(H,31,32). The van der Waals surface area contributed by atoms with Crippen molar-refractivity contribution in [2.45, 2.75) is 32.5 Å². The molecule has 3 N–H and O–H groups in total. The molecule has 6 nitrogen and oxygen atoms in total. The third-order valence-electron chi connectivity index (χ3n) is 5.75. The van der Waals surface area contributed by atoms with Gasteiger partial charge in [0.2, 0.25) is 0 Å². The van der Waals surface area contributed by atoms with E-state index in [1.165, 1.54) is 5.56 Å². The number of carboxylic acids is 1. The summed E-state index contributed by atoms with van der Waals surface area (Å²) in [6, 6.07) is 19.0. The van der Waals surface area contributed by atoms with Crippen LogP contribution in [0.15, 0.2) is 71.3 Å². The minimum atomic E-state index is -0.897. The van der Waals surface area contributed by atoms with Crippen LogP contribution < -0.4 is 14.8 Å². The number of H-pyrrole nitrogens is 1. The second-order valence-corrected chi connectivity index (χ2v) is 9.06. The number of aliphatic carboxylic acids is 1. The number of aryl methyl sites for hydroxylation is 1. The molecular weight excluding hydrogens is 496 g/mol. The van der Waals surface area contributed by atoms with Gasteiger partial charge in [0.1, 0.15) is 12.6 Å². The average Bonchev–Trinajstić information content (AvgIpc) is 3.24. The van der Waals surface area contributed by atoms with Crippen molar-refractivity contribution < 1.29 is 19.4 Å². The van der Waals surface area contributed by atoms with Crippen LogP contribution in [0.5, 0.6) is 11.5 Å². The van der Waals surface area contributed by atoms with Gasteiger partial charge >= 0.3 is 5.97 Å². The Hall–Kier alpha value is -3.29. The molecule has 1 aromatic heterocycles. The fourth-order valence-corrected chi connectivity index (χ4v) is 4.41. The first-order chi connectivity index (χ1) is 16.4. The second kappa shape index (κ2) is 10.8. The summed E-state index contributed by atoms with van der Waals surface area (Å²) >= 11 is 3.60. The number of aromatic nitrogens is 1. The van der Waals surface area contributed by atoms with E-state index in [1.54, 1.807) is 7.11 Å². The molecule has 0 radical (unpaired) electrons. The van der Waals surface area contributed by atoms with Crippen molar-refractivity contribution in [2.75, 3.05) is 7.11 Å². The second-order valence-electron chi connectivity index (χ2n) is 8.21. The van der Waals surface area contributed by atoms with Gasteiger partial charge in [-0.3, -0.25) is 10.1 Å². The maximum absolute atomic E-state index is 12.0. The number of rotatable bonds is 10. The molecule has 1 heterocycles. The fourth-order valence-electron chi connectivity index (χ4n) is 3.95. The summed E-state index contributed by atoms with van der Waals surface area (Å²) in [7, 11) is 1.59. The van der Waals surface area contributed by atoms with Crippen molar-refractivity contribution in [3.63, 3.8) is 0 Å². The number of methoxy groups -OCH3 is 1. The van der Waals surface area contributed by atoms with Gasteiger partial charge in [-0.05, 0) is 41.8 Å². The van der Waals surface area contributed by atoms with Crippen LogP contribution >= 0.6 is 15.9 Å². The molecule has 4 rings (SSSR count). The highest BCUT2D eigenvalue weighted by atomic mass is 79.9. The van der Waals surface area contributed by atoms with Gasteiger partial charge in [-0.25, -0.2) is 0 Å². The highest BCUT2D eigenvalue weighted by Crippen LogP contribution is 2.34. The largest absolute Gasteiger partial charge is 0.493 e. The van der Waals surface area contributed by atoms with Crippen molar-refractivity contribution >= 4 is 32.8 Å². The van der Waals surface area contributed by atoms with Gasteiger partial charge in [-0.1, -0.05) is 64.0 Å². The monoisotopic (exact) mass is 522 g/mol. The van der Waals surface area contributed by atoms with Gasteiger partial charge in [0.05, 0.1) is 7.11 Å². The van der Waals surface area contributed by atoms with Crippen molar-refractivity contribution in [1.29, 1.82) is 0 Å². The SMILES string of the molecule is COc1cc(CNC(Cc2c[nH]c3ccccc23)C(=O)O)c(Br)cc1OCc1cccc(C)c1. The van der Waals surface area contributed by atoms with Crippen LogP contribution in [-0.4, -0.2) is 29.2 Å². The summed E-state index contributed by atoms with van der Waals surface area (Å²) in [5, 5.41) is 14.0. The fraction of sp³-hybridized carbons (Fsp3) is 0.222. The maximum Gasteiger partial charge on any atom is 0.321 e. The normalized spacial score (nSPS) is 12.0. The minimum Gasteiger partial charge on any atom is -0.493 e. The molecule has 0 aliphatic carbocycles. The number of hydrogen-bond donors (Lipinski definition) is 3. The molecule has 7 heteroatoms. The van der Waals surface area contributed by atoms with Gasteiger partial charge in [0, 0.05) is 34.5 Å². The Balaban J connectivity index is 1.46. The van der Waals surface area contributed by atoms with Crippen molar-refractivity contribution in [1.82, 2.24) is 10.3 Å². The van der Waals surface area contributed by atoms with Crippen LogP contribution in [0.1, 0.15) is 22.3 Å². The number of fused-ring (bicyclic) bond motifs is 1. The molecule has 0 aliphatic rings. The van der Waals surface area contributed by atoms with E-state index < -0.39 is 12.0 Å². The Kier molecular flexibility index (Phi) is 7.55. The summed E-state index contributed by atoms with van der Waals surface area (Å²) in [5.74, 6) is 0.316. The Bertz CT molecular complexity index is 1300. The first kappa shape index (κ1) is 23.9. The molecule has 0 saturated heterocycles. The Morgan fingerprint density at radius 2 is 1.91 bits per heavy atom. The number of hydrogen-bond acceptors (Lipinski definition) is 4. The highest BCUT2D eigenvalue weighted by molar-refractivity contribution is 9.10. The number of ether oxygens (including phenoxy) is 2. The molecule has 4 aromatic rings. The van der Waals surface area contributed by atoms with E-state index in [0.29, 0.717) is 31.1 Å². The van der Waals surface area contributed by atoms with E-state index in [9.17, 15) is 9.90 Å². The third kappa shape index (κ3) is 5.61. The van der Waals surface area contributed by atoms with E-state index >= 15 is 0 Å². The van der Waals surface area contributed by atoms with Crippen LogP contribution in [-0.2, 0) is 24.4 Å². The van der Waals surface area contributed by atoms with Crippen molar-refractivity contribution in [2.24, 2.45) is 0 Å². The van der Waals surface area contributed by atoms with Gasteiger partial charge in [-0.2, -0.15) is 0 Å². The quantitative estimate of drug-likeness (QED) is 0.252. The van der Waals surface area contributed by atoms with Gasteiger partial charge < -0.3 is 19.6 Å². The predicted molar refractivity (Wildman–Crippen MR) is 136 cm³/mol. The lowest BCUT2D eigenvalue weighted by molar-refractivity contribution is -0.139. The lowest BCUT2D eigenvalue weighted by Gasteiger charge is -2.17. The van der Waals surface area contributed by atoms with E-state index in [2.05, 4.69) is 32.3 Å². The molecule has 1 unspecified atom stereocenters. The van der Waals surface area contributed by atoms with Crippen LogP contribution in [0.2, 0.25) is 0 Å². The van der Waals surface area contributed by atoms with Gasteiger partial charge in [-0.15, -0.1) is 0 Å². The zero-order chi connectivity index (χ0) is 24.1. The number of nitrogens with one attached hydrogen (secondary N) is 2. The topological polar surface area (TPSA) is 83.6 Å². The summed E-state index contributed by atoms with van der Waals surface area (Å²) < 4.78 is 12.4. The molecule has 0 spiro atoms. The van der Waals surface area contributed by atoms with Crippen LogP contribution in [0.4, 0.5) is 0 Å². The highest BCUT2D eigenvalue weighted by Gasteiger charge is 2.20. The first-order valence-electron chi connectivity index (χ1n) is 11.0. The van der Waals surface area contributed by atoms with Crippen LogP contribution in [0.3, 0.4) is 0 Å². The minimum absolute atomic E-state index is 0.356. The molecule has 1 atom stereocenters. The average molecular weight is 523 g/mol. The lowest BCUT2D eigenvalue weighted by atomic mass is 10.0. The van der Waals surface area contributed by atoms with Crippen molar-refractivity contribution in [3.05, 3.63) is 93.6 Å². The van der Waals surface area contributed by atoms with E-state index in [-0.39, 0.29) is 0 Å². The van der Waals surface area contributed by atoms with Crippen molar-refractivity contribution in [3.8, 4) is 11.5 Å². The summed E-state index contributed by atoms with van der Waals surface area (Å²) in [6.07, 6.45) is 2.24. The lowest BCUT2D eigenvalue weighted by Crippen LogP contribution is -2.38. The molecule has 0 fully saturated rings. The zero-order valence-electron chi connectivity index (χ0n) is 19.1. The van der Waals surface area contributed by atoms with Gasteiger partial charge in [0.15, 0.2) is 11.5 Å². The third-order valence-corrected chi connectivity index (χ3v) is 6.48. The number of halogens is 1. The molecule has 0 bridgehead atoms. The molecular formula is C27H27BrN2O4. The maximum atomic E-state index is 12.0. The Labute approximate surface area is 207 Å². The van der Waals surface area contributed by atoms with E-state index in [0.717, 1.165) is 32.1 Å². The van der Waals surface area contributed by atoms with Gasteiger partial charge in [0.25, 0.3) is 0 Å². The molecule has 0 saturated carbocycles. The van der Waals surface area contributed by atoms with Crippen LogP contribution in [0, 0.1) is 6.92 Å². The number of aromatic amines is 1. The summed E-state index contributed by atoms with van der Waals surface area (Å²) in [4.78, 5) is 15.2. The number of carboxylic acid groups (broad SMARTS) is 1. The number of para-hydroxylation sites is 1. The first-order valence-corrected chi connectivity index (χ1v) is 11.8. The molecule has 176 valence electrons. The van der Waals surface area contributed by atoms with E-state index in [1.807, 2.05) is 67.7 Å². The smallest absolute Gasteiger partial charge is 0.321 e. The molecule has 0 aliphatic heterocycles. The molecule has 0 amide bonds. The summed E-state index contributed by atoms with van der Waals surface area (Å²) in [6.45, 7) is 2.83. The van der Waals surface area contributed by atoms with Crippen LogP contribution in [0.25, 0.3) is 10.9 Å².